The molecule has 3 unspecified atom stereocenters. The molecule has 1 heterocycles. The summed E-state index contributed by atoms with van der Waals surface area (Å²) in [5.41, 5.74) is 0.931. The molecule has 0 spiro atoms. The van der Waals surface area contributed by atoms with Gasteiger partial charge in [0, 0.05) is 22.1 Å². The van der Waals surface area contributed by atoms with Gasteiger partial charge in [-0.15, -0.1) is 0 Å². The zero-order chi connectivity index (χ0) is 17.8. The first-order valence-electron chi connectivity index (χ1n) is 7.88. The molecule has 2 aliphatic rings. The van der Waals surface area contributed by atoms with Gasteiger partial charge in [-0.2, -0.15) is 0 Å². The van der Waals surface area contributed by atoms with Gasteiger partial charge in [0.15, 0.2) is 0 Å². The van der Waals surface area contributed by atoms with Crippen LogP contribution in [0.2, 0.25) is 0 Å². The van der Waals surface area contributed by atoms with Gasteiger partial charge in [0.2, 0.25) is 5.91 Å². The second-order valence-corrected chi connectivity index (χ2v) is 6.84. The molecule has 0 saturated carbocycles. The predicted octanol–water partition coefficient (Wildman–Crippen LogP) is 0.997. The Balaban J connectivity index is 1.74. The monoisotopic (exact) mass is 459 g/mol. The molecule has 25 heavy (non-hydrogen) atoms. The van der Waals surface area contributed by atoms with E-state index in [1.165, 1.54) is 0 Å². The molecule has 3 rings (SSSR count). The molecule has 0 aromatic heterocycles. The van der Waals surface area contributed by atoms with Gasteiger partial charge >= 0.3 is 5.97 Å². The van der Waals surface area contributed by atoms with E-state index in [0.29, 0.717) is 11.1 Å². The van der Waals surface area contributed by atoms with E-state index >= 15 is 0 Å². The van der Waals surface area contributed by atoms with Crippen LogP contribution in [0.25, 0.3) is 0 Å². The molecule has 8 heteroatoms. The van der Waals surface area contributed by atoms with E-state index < -0.39 is 24.3 Å². The summed E-state index contributed by atoms with van der Waals surface area (Å²) in [4.78, 5) is 24.7. The number of ether oxygens (including phenoxy) is 3. The number of aliphatic hydroxyl groups excluding tert-OH is 1. The van der Waals surface area contributed by atoms with Gasteiger partial charge in [0.05, 0.1) is 12.2 Å². The highest BCUT2D eigenvalue weighted by Gasteiger charge is 2.42. The average Bonchev–Trinajstić information content (AvgIpc) is 3.08. The Kier molecular flexibility index (Phi) is 6.05. The van der Waals surface area contributed by atoms with Crippen LogP contribution in [0.3, 0.4) is 0 Å². The van der Waals surface area contributed by atoms with Crippen LogP contribution in [0.4, 0.5) is 0 Å². The number of rotatable bonds is 5. The highest BCUT2D eigenvalue weighted by Crippen LogP contribution is 2.31. The molecule has 0 radical (unpaired) electrons. The van der Waals surface area contributed by atoms with Gasteiger partial charge in [-0.3, -0.25) is 4.79 Å². The largest absolute Gasteiger partial charge is 0.455 e. The molecule has 1 amide bonds. The van der Waals surface area contributed by atoms with Crippen molar-refractivity contribution in [2.45, 2.75) is 24.7 Å². The van der Waals surface area contributed by atoms with Crippen LogP contribution in [-0.2, 0) is 19.0 Å². The summed E-state index contributed by atoms with van der Waals surface area (Å²) in [6, 6.07) is 7.13. The molecule has 3 atom stereocenters. The number of carbonyl (C=O) groups is 2. The van der Waals surface area contributed by atoms with Crippen molar-refractivity contribution in [3.05, 3.63) is 45.0 Å². The summed E-state index contributed by atoms with van der Waals surface area (Å²) in [6.45, 7) is 0.109. The van der Waals surface area contributed by atoms with Crippen LogP contribution in [0.15, 0.2) is 35.9 Å². The minimum absolute atomic E-state index is 0.0916. The van der Waals surface area contributed by atoms with E-state index in [-0.39, 0.29) is 32.3 Å². The predicted molar refractivity (Wildman–Crippen MR) is 95.8 cm³/mol. The Morgan fingerprint density at radius 2 is 2.12 bits per heavy atom. The molecule has 1 saturated heterocycles. The highest BCUT2D eigenvalue weighted by atomic mass is 127. The quantitative estimate of drug-likeness (QED) is 0.504. The van der Waals surface area contributed by atoms with Crippen molar-refractivity contribution < 1.29 is 28.9 Å². The summed E-state index contributed by atoms with van der Waals surface area (Å²) >= 11 is 2.07. The maximum Gasteiger partial charge on any atom is 0.339 e. The minimum Gasteiger partial charge on any atom is -0.455 e. The lowest BCUT2D eigenvalue weighted by Gasteiger charge is -2.30. The SMILES string of the molecule is O=C(NCCO)C1=CC2OCOC2C(OC(=O)c2ccccc2I)C1. The number of carbonyl (C=O) groups excluding carboxylic acids is 2. The van der Waals surface area contributed by atoms with E-state index in [1.54, 1.807) is 18.2 Å². The van der Waals surface area contributed by atoms with Crippen molar-refractivity contribution in [2.75, 3.05) is 19.9 Å². The van der Waals surface area contributed by atoms with Gasteiger partial charge < -0.3 is 24.6 Å². The lowest BCUT2D eigenvalue weighted by molar-refractivity contribution is -0.118. The van der Waals surface area contributed by atoms with E-state index in [2.05, 4.69) is 27.9 Å². The summed E-state index contributed by atoms with van der Waals surface area (Å²) in [6.07, 6.45) is 0.449. The Bertz CT molecular complexity index is 691. The summed E-state index contributed by atoms with van der Waals surface area (Å²) in [5, 5.41) is 11.4. The van der Waals surface area contributed by atoms with Crippen molar-refractivity contribution >= 4 is 34.5 Å². The van der Waals surface area contributed by atoms with Gasteiger partial charge in [-0.25, -0.2) is 4.79 Å². The van der Waals surface area contributed by atoms with Gasteiger partial charge in [-0.05, 0) is 40.8 Å². The third-order valence-electron chi connectivity index (χ3n) is 4.04. The third-order valence-corrected chi connectivity index (χ3v) is 4.98. The van der Waals surface area contributed by atoms with Crippen LogP contribution in [-0.4, -0.2) is 55.2 Å². The fourth-order valence-corrected chi connectivity index (χ4v) is 3.44. The summed E-state index contributed by atoms with van der Waals surface area (Å²) < 4.78 is 17.4. The fraction of sp³-hybridized carbons (Fsp3) is 0.412. The zero-order valence-corrected chi connectivity index (χ0v) is 15.5. The number of benzene rings is 1. The lowest BCUT2D eigenvalue weighted by atomic mass is 9.91. The third kappa shape index (κ3) is 4.20. The topological polar surface area (TPSA) is 94.1 Å². The molecule has 0 bridgehead atoms. The second kappa shape index (κ2) is 8.26. The van der Waals surface area contributed by atoms with Crippen molar-refractivity contribution in [3.8, 4) is 0 Å². The molecule has 1 fully saturated rings. The average molecular weight is 459 g/mol. The molecule has 134 valence electrons. The number of esters is 1. The van der Waals surface area contributed by atoms with Crippen LogP contribution < -0.4 is 5.32 Å². The van der Waals surface area contributed by atoms with Crippen molar-refractivity contribution in [2.24, 2.45) is 0 Å². The molecular weight excluding hydrogens is 441 g/mol. The molecular formula is C17H18INO6. The molecule has 1 aliphatic carbocycles. The maximum absolute atomic E-state index is 12.5. The van der Waals surface area contributed by atoms with Gasteiger partial charge in [-0.1, -0.05) is 12.1 Å². The first-order chi connectivity index (χ1) is 12.1. The molecule has 1 aliphatic heterocycles. The number of nitrogens with one attached hydrogen (secondary N) is 1. The van der Waals surface area contributed by atoms with Crippen LogP contribution in [0.5, 0.6) is 0 Å². The van der Waals surface area contributed by atoms with Crippen molar-refractivity contribution in [3.63, 3.8) is 0 Å². The Morgan fingerprint density at radius 1 is 1.32 bits per heavy atom. The summed E-state index contributed by atoms with van der Waals surface area (Å²) in [7, 11) is 0. The lowest BCUT2D eigenvalue weighted by Crippen LogP contribution is -2.43. The zero-order valence-electron chi connectivity index (χ0n) is 13.3. The number of hydrogen-bond donors (Lipinski definition) is 2. The van der Waals surface area contributed by atoms with Crippen LogP contribution in [0.1, 0.15) is 16.8 Å². The smallest absolute Gasteiger partial charge is 0.339 e. The number of fused-ring (bicyclic) bond motifs is 1. The van der Waals surface area contributed by atoms with Crippen molar-refractivity contribution in [1.29, 1.82) is 0 Å². The summed E-state index contributed by atoms with van der Waals surface area (Å²) in [5.74, 6) is -0.764. The van der Waals surface area contributed by atoms with Gasteiger partial charge in [0.25, 0.3) is 0 Å². The fourth-order valence-electron chi connectivity index (χ4n) is 2.83. The van der Waals surface area contributed by atoms with Crippen molar-refractivity contribution in [1.82, 2.24) is 5.32 Å². The standard InChI is InChI=1S/C17H18INO6/c18-12-4-2-1-3-11(12)17(22)25-14-8-10(16(21)19-5-6-20)7-13-15(14)24-9-23-13/h1-4,7,13-15,20H,5-6,8-9H2,(H,19,21). The molecule has 2 N–H and O–H groups in total. The highest BCUT2D eigenvalue weighted by molar-refractivity contribution is 14.1. The first kappa shape index (κ1) is 18.3. The number of amides is 1. The number of halogens is 1. The Hall–Kier alpha value is -1.49. The normalized spacial score (nSPS) is 25.0. The molecule has 1 aromatic rings. The van der Waals surface area contributed by atoms with E-state index in [4.69, 9.17) is 19.3 Å². The maximum atomic E-state index is 12.5. The van der Waals surface area contributed by atoms with Crippen LogP contribution >= 0.6 is 22.6 Å². The van der Waals surface area contributed by atoms with E-state index in [9.17, 15) is 9.59 Å². The van der Waals surface area contributed by atoms with E-state index in [1.807, 2.05) is 12.1 Å². The van der Waals surface area contributed by atoms with E-state index in [0.717, 1.165) is 3.57 Å². The Labute approximate surface area is 158 Å². The first-order valence-corrected chi connectivity index (χ1v) is 8.96. The Morgan fingerprint density at radius 3 is 2.88 bits per heavy atom. The molecule has 1 aromatic carbocycles. The van der Waals surface area contributed by atoms with Crippen LogP contribution in [0, 0.1) is 3.57 Å². The second-order valence-electron chi connectivity index (χ2n) is 5.68. The minimum atomic E-state index is -0.615. The van der Waals surface area contributed by atoms with Gasteiger partial charge in [0.1, 0.15) is 25.1 Å². The number of aliphatic hydroxyl groups is 1. The molecule has 7 nitrogen and oxygen atoms in total. The number of hydrogen-bond acceptors (Lipinski definition) is 6.